The molecule has 0 bridgehead atoms. The zero-order valence-electron chi connectivity index (χ0n) is 21.7. The van der Waals surface area contributed by atoms with E-state index in [1.165, 1.54) is 23.5 Å². The first-order valence-corrected chi connectivity index (χ1v) is 14.0. The van der Waals surface area contributed by atoms with Crippen LogP contribution in [-0.4, -0.2) is 9.97 Å². The molecule has 0 unspecified atom stereocenters. The number of hydrogen-bond donors (Lipinski definition) is 2. The van der Waals surface area contributed by atoms with Crippen molar-refractivity contribution in [2.75, 3.05) is 11.5 Å². The SMILES string of the molecule is N#Cc1c(N)nc(Sc2ccccc2)c(C#N)c1-c1ccc(-c2c(C#N)c(N)nc(Sc3ccccc3)c2C#N)cc1. The van der Waals surface area contributed by atoms with Crippen LogP contribution in [0.2, 0.25) is 0 Å². The van der Waals surface area contributed by atoms with Crippen molar-refractivity contribution in [2.24, 2.45) is 0 Å². The molecule has 0 amide bonds. The van der Waals surface area contributed by atoms with Crippen molar-refractivity contribution in [3.05, 3.63) is 107 Å². The van der Waals surface area contributed by atoms with Gasteiger partial charge in [-0.25, -0.2) is 9.97 Å². The third-order valence-electron chi connectivity index (χ3n) is 6.21. The molecule has 0 spiro atoms. The summed E-state index contributed by atoms with van der Waals surface area (Å²) in [6, 6.07) is 34.3. The second-order valence-electron chi connectivity index (χ2n) is 8.71. The maximum Gasteiger partial charge on any atom is 0.143 e. The Bertz CT molecular complexity index is 1840. The van der Waals surface area contributed by atoms with Crippen LogP contribution in [0.15, 0.2) is 105 Å². The van der Waals surface area contributed by atoms with Gasteiger partial charge in [0.1, 0.15) is 57.1 Å². The third-order valence-corrected chi connectivity index (χ3v) is 8.20. The summed E-state index contributed by atoms with van der Waals surface area (Å²) in [6.45, 7) is 0. The Labute approximate surface area is 250 Å². The average molecular weight is 579 g/mol. The number of nitrogens with zero attached hydrogens (tertiary/aromatic N) is 6. The number of aromatic nitrogens is 2. The molecule has 0 aliphatic heterocycles. The van der Waals surface area contributed by atoms with E-state index in [-0.39, 0.29) is 33.9 Å². The molecule has 42 heavy (non-hydrogen) atoms. The van der Waals surface area contributed by atoms with Crippen LogP contribution in [0.3, 0.4) is 0 Å². The third kappa shape index (κ3) is 5.32. The standard InChI is InChI=1S/C32H18N8S2/c33-15-23-27(25(17-35)31(39-29(23)37)41-21-7-3-1-4-8-21)19-11-13-20(14-12-19)28-24(16-34)30(38)40-32(26(28)18-36)42-22-9-5-2-6-10-22/h1-14H,(H2,37,39)(H2,38,40). The van der Waals surface area contributed by atoms with Crippen LogP contribution in [0.4, 0.5) is 11.6 Å². The Balaban J connectivity index is 1.65. The highest BCUT2D eigenvalue weighted by Gasteiger charge is 2.23. The van der Waals surface area contributed by atoms with Crippen LogP contribution in [0.25, 0.3) is 22.3 Å². The van der Waals surface area contributed by atoms with E-state index in [9.17, 15) is 21.0 Å². The number of pyridine rings is 2. The van der Waals surface area contributed by atoms with E-state index < -0.39 is 0 Å². The molecule has 0 aliphatic rings. The van der Waals surface area contributed by atoms with Gasteiger partial charge in [-0.15, -0.1) is 0 Å². The van der Waals surface area contributed by atoms with Gasteiger partial charge in [-0.3, -0.25) is 0 Å². The molecule has 0 saturated heterocycles. The number of anilines is 2. The van der Waals surface area contributed by atoms with Gasteiger partial charge in [0.2, 0.25) is 0 Å². The average Bonchev–Trinajstić information content (AvgIpc) is 3.01. The fourth-order valence-corrected chi connectivity index (χ4v) is 6.15. The molecular formula is C32H18N8S2. The molecule has 5 aromatic rings. The predicted molar refractivity (Wildman–Crippen MR) is 162 cm³/mol. The quantitative estimate of drug-likeness (QED) is 0.219. The number of hydrogen-bond acceptors (Lipinski definition) is 10. The predicted octanol–water partition coefficient (Wildman–Crippen LogP) is 6.76. The summed E-state index contributed by atoms with van der Waals surface area (Å²) >= 11 is 2.55. The minimum Gasteiger partial charge on any atom is -0.383 e. The van der Waals surface area contributed by atoms with Gasteiger partial charge >= 0.3 is 0 Å². The van der Waals surface area contributed by atoms with E-state index in [1.807, 2.05) is 60.7 Å². The first-order chi connectivity index (χ1) is 20.5. The largest absolute Gasteiger partial charge is 0.383 e. The van der Waals surface area contributed by atoms with E-state index in [0.717, 1.165) is 9.79 Å². The Morgan fingerprint density at radius 3 is 1.12 bits per heavy atom. The first-order valence-electron chi connectivity index (χ1n) is 12.3. The molecule has 2 heterocycles. The van der Waals surface area contributed by atoms with Crippen molar-refractivity contribution in [1.82, 2.24) is 9.97 Å². The molecule has 3 aromatic carbocycles. The number of nitrogens with two attached hydrogens (primary N) is 2. The Morgan fingerprint density at radius 1 is 0.476 bits per heavy atom. The molecule has 5 rings (SSSR count). The van der Waals surface area contributed by atoms with E-state index in [0.29, 0.717) is 32.3 Å². The molecule has 0 fully saturated rings. The lowest BCUT2D eigenvalue weighted by Crippen LogP contribution is -2.04. The highest BCUT2D eigenvalue weighted by molar-refractivity contribution is 7.99. The van der Waals surface area contributed by atoms with E-state index in [4.69, 9.17) is 11.5 Å². The molecule has 2 aromatic heterocycles. The summed E-state index contributed by atoms with van der Waals surface area (Å²) in [4.78, 5) is 10.4. The first kappa shape index (κ1) is 27.8. The summed E-state index contributed by atoms with van der Waals surface area (Å²) in [6.07, 6.45) is 0. The lowest BCUT2D eigenvalue weighted by molar-refractivity contribution is 1.11. The molecule has 0 radical (unpaired) electrons. The summed E-state index contributed by atoms with van der Waals surface area (Å²) in [7, 11) is 0. The number of nitriles is 4. The van der Waals surface area contributed by atoms with Crippen LogP contribution in [0.1, 0.15) is 22.3 Å². The molecule has 4 N–H and O–H groups in total. The maximum absolute atomic E-state index is 10.2. The van der Waals surface area contributed by atoms with Crippen LogP contribution in [0.5, 0.6) is 0 Å². The van der Waals surface area contributed by atoms with Crippen molar-refractivity contribution in [3.63, 3.8) is 0 Å². The second kappa shape index (κ2) is 12.2. The normalized spacial score (nSPS) is 10.2. The Kier molecular flexibility index (Phi) is 8.05. The van der Waals surface area contributed by atoms with Crippen molar-refractivity contribution < 1.29 is 0 Å². The molecule has 8 nitrogen and oxygen atoms in total. The lowest BCUT2D eigenvalue weighted by atomic mass is 9.92. The van der Waals surface area contributed by atoms with Crippen LogP contribution in [-0.2, 0) is 0 Å². The fourth-order valence-electron chi connectivity index (χ4n) is 4.33. The summed E-state index contributed by atoms with van der Waals surface area (Å²) in [5.41, 5.74) is 14.8. The van der Waals surface area contributed by atoms with Crippen LogP contribution < -0.4 is 11.5 Å². The van der Waals surface area contributed by atoms with Gasteiger partial charge in [0.15, 0.2) is 0 Å². The van der Waals surface area contributed by atoms with Gasteiger partial charge in [0.05, 0.1) is 11.1 Å². The Hall–Kier alpha value is -5.78. The lowest BCUT2D eigenvalue weighted by Gasteiger charge is -2.15. The van der Waals surface area contributed by atoms with Crippen molar-refractivity contribution >= 4 is 35.2 Å². The van der Waals surface area contributed by atoms with Gasteiger partial charge in [0, 0.05) is 20.9 Å². The highest BCUT2D eigenvalue weighted by Crippen LogP contribution is 2.41. The zero-order valence-corrected chi connectivity index (χ0v) is 23.4. The topological polar surface area (TPSA) is 173 Å². The second-order valence-corrected chi connectivity index (χ2v) is 10.8. The number of rotatable bonds is 6. The summed E-state index contributed by atoms with van der Waals surface area (Å²) in [5.74, 6) is 0.0223. The molecule has 0 atom stereocenters. The van der Waals surface area contributed by atoms with Crippen LogP contribution >= 0.6 is 23.5 Å². The van der Waals surface area contributed by atoms with Crippen molar-refractivity contribution in [1.29, 1.82) is 21.0 Å². The molecular weight excluding hydrogens is 561 g/mol. The molecule has 0 saturated carbocycles. The number of benzene rings is 3. The Morgan fingerprint density at radius 2 is 0.810 bits per heavy atom. The zero-order chi connectivity index (χ0) is 29.6. The van der Waals surface area contributed by atoms with E-state index in [2.05, 4.69) is 34.2 Å². The molecule has 0 aliphatic carbocycles. The summed E-state index contributed by atoms with van der Waals surface area (Å²) in [5, 5.41) is 40.9. The van der Waals surface area contributed by atoms with Gasteiger partial charge in [-0.05, 0) is 35.4 Å². The minimum absolute atomic E-state index is 0.0111. The van der Waals surface area contributed by atoms with Gasteiger partial charge in [-0.1, -0.05) is 84.2 Å². The van der Waals surface area contributed by atoms with Crippen molar-refractivity contribution in [3.8, 4) is 46.5 Å². The van der Waals surface area contributed by atoms with Gasteiger partial charge in [-0.2, -0.15) is 21.0 Å². The minimum atomic E-state index is 0.0111. The fraction of sp³-hybridized carbons (Fsp3) is 0. The summed E-state index contributed by atoms with van der Waals surface area (Å²) < 4.78 is 0. The molecule has 198 valence electrons. The van der Waals surface area contributed by atoms with Crippen molar-refractivity contribution in [2.45, 2.75) is 19.8 Å². The maximum atomic E-state index is 10.2. The highest BCUT2D eigenvalue weighted by atomic mass is 32.2. The molecule has 10 heteroatoms. The monoisotopic (exact) mass is 578 g/mol. The van der Waals surface area contributed by atoms with E-state index >= 15 is 0 Å². The van der Waals surface area contributed by atoms with Gasteiger partial charge < -0.3 is 11.5 Å². The smallest absolute Gasteiger partial charge is 0.143 e. The van der Waals surface area contributed by atoms with Crippen LogP contribution in [0, 0.1) is 45.3 Å². The van der Waals surface area contributed by atoms with E-state index in [1.54, 1.807) is 24.3 Å². The number of nitrogen functional groups attached to an aromatic ring is 2. The van der Waals surface area contributed by atoms with Gasteiger partial charge in [0.25, 0.3) is 0 Å².